The van der Waals surface area contributed by atoms with Crippen LogP contribution in [0.25, 0.3) is 0 Å². The first-order valence-electron chi connectivity index (χ1n) is 7.12. The van der Waals surface area contributed by atoms with Crippen molar-refractivity contribution in [3.63, 3.8) is 0 Å². The Morgan fingerprint density at radius 2 is 2.05 bits per heavy atom. The largest absolute Gasteiger partial charge is 0.384 e. The number of nitrogens with zero attached hydrogens (tertiary/aromatic N) is 1. The Kier molecular flexibility index (Phi) is 4.93. The zero-order valence-corrected chi connectivity index (χ0v) is 12.7. The molecule has 1 heterocycles. The lowest BCUT2D eigenvalue weighted by molar-refractivity contribution is 0.102. The third-order valence-electron chi connectivity index (χ3n) is 3.00. The molecule has 0 aliphatic heterocycles. The van der Waals surface area contributed by atoms with Crippen molar-refractivity contribution >= 4 is 17.4 Å². The van der Waals surface area contributed by atoms with Crippen LogP contribution in [0.1, 0.15) is 29.8 Å². The molecule has 1 aromatic heterocycles. The highest BCUT2D eigenvalue weighted by molar-refractivity contribution is 6.03. The predicted octanol–water partition coefficient (Wildman–Crippen LogP) is 3.71. The van der Waals surface area contributed by atoms with E-state index < -0.39 is 0 Å². The summed E-state index contributed by atoms with van der Waals surface area (Å²) in [6, 6.07) is 11.2. The number of aryl methyl sites for hydroxylation is 1. The maximum Gasteiger partial charge on any atom is 0.256 e. The summed E-state index contributed by atoms with van der Waals surface area (Å²) in [4.78, 5) is 16.3. The fourth-order valence-electron chi connectivity index (χ4n) is 1.87. The van der Waals surface area contributed by atoms with Crippen molar-refractivity contribution in [2.75, 3.05) is 17.2 Å². The molecule has 0 saturated heterocycles. The molecule has 1 amide bonds. The maximum atomic E-state index is 12.1. The van der Waals surface area contributed by atoms with E-state index in [0.717, 1.165) is 17.8 Å². The minimum absolute atomic E-state index is 0.144. The molecule has 21 heavy (non-hydrogen) atoms. The van der Waals surface area contributed by atoms with Crippen molar-refractivity contribution in [3.8, 4) is 0 Å². The Hall–Kier alpha value is -2.36. The molecule has 0 atom stereocenters. The highest BCUT2D eigenvalue weighted by Crippen LogP contribution is 2.12. The Morgan fingerprint density at radius 3 is 2.67 bits per heavy atom. The summed E-state index contributed by atoms with van der Waals surface area (Å²) in [5, 5.41) is 6.09. The van der Waals surface area contributed by atoms with E-state index in [1.165, 1.54) is 0 Å². The lowest BCUT2D eigenvalue weighted by atomic mass is 10.1. The second-order valence-electron chi connectivity index (χ2n) is 5.53. The first-order valence-corrected chi connectivity index (χ1v) is 7.12. The van der Waals surface area contributed by atoms with E-state index in [2.05, 4.69) is 29.5 Å². The molecule has 0 fully saturated rings. The number of rotatable bonds is 5. The van der Waals surface area contributed by atoms with Crippen LogP contribution < -0.4 is 10.6 Å². The number of hydrogen-bond acceptors (Lipinski definition) is 3. The summed E-state index contributed by atoms with van der Waals surface area (Å²) in [5.74, 6) is 0.983. The van der Waals surface area contributed by atoms with Gasteiger partial charge < -0.3 is 10.6 Å². The van der Waals surface area contributed by atoms with Crippen LogP contribution in [0.15, 0.2) is 42.6 Å². The molecule has 0 aliphatic carbocycles. The lowest BCUT2D eigenvalue weighted by Crippen LogP contribution is -2.13. The second-order valence-corrected chi connectivity index (χ2v) is 5.53. The van der Waals surface area contributed by atoms with Crippen LogP contribution in [-0.2, 0) is 0 Å². The smallest absolute Gasteiger partial charge is 0.256 e. The van der Waals surface area contributed by atoms with Crippen molar-refractivity contribution in [1.82, 2.24) is 4.98 Å². The monoisotopic (exact) mass is 283 g/mol. The molecule has 0 aliphatic rings. The molecule has 0 radical (unpaired) electrons. The van der Waals surface area contributed by atoms with Gasteiger partial charge in [0.05, 0.1) is 11.9 Å². The first-order chi connectivity index (χ1) is 10.0. The minimum atomic E-state index is -0.144. The van der Waals surface area contributed by atoms with Gasteiger partial charge in [0.1, 0.15) is 5.82 Å². The number of nitrogens with one attached hydrogen (secondary N) is 2. The molecular weight excluding hydrogens is 262 g/mol. The predicted molar refractivity (Wildman–Crippen MR) is 86.7 cm³/mol. The van der Waals surface area contributed by atoms with Crippen LogP contribution in [-0.4, -0.2) is 17.4 Å². The fourth-order valence-corrected chi connectivity index (χ4v) is 1.87. The van der Waals surface area contributed by atoms with Gasteiger partial charge in [-0.05, 0) is 37.1 Å². The lowest BCUT2D eigenvalue weighted by Gasteiger charge is -2.09. The third kappa shape index (κ3) is 4.60. The van der Waals surface area contributed by atoms with Crippen LogP contribution in [0.2, 0.25) is 0 Å². The molecule has 0 unspecified atom stereocenters. The SMILES string of the molecule is Cc1cccc(C(=O)Nc2ccc(NCC(C)C)cn2)c1. The Morgan fingerprint density at radius 1 is 1.24 bits per heavy atom. The van der Waals surface area contributed by atoms with Crippen molar-refractivity contribution in [2.24, 2.45) is 5.92 Å². The zero-order valence-electron chi connectivity index (χ0n) is 12.7. The van der Waals surface area contributed by atoms with Gasteiger partial charge in [0, 0.05) is 12.1 Å². The Labute approximate surface area is 125 Å². The molecule has 0 saturated carbocycles. The number of anilines is 2. The number of carbonyl (C=O) groups excluding carboxylic acids is 1. The van der Waals surface area contributed by atoms with E-state index in [1.807, 2.05) is 31.2 Å². The number of hydrogen-bond donors (Lipinski definition) is 2. The fraction of sp³-hybridized carbons (Fsp3) is 0.294. The quantitative estimate of drug-likeness (QED) is 0.879. The van der Waals surface area contributed by atoms with E-state index in [4.69, 9.17) is 0 Å². The van der Waals surface area contributed by atoms with E-state index in [0.29, 0.717) is 17.3 Å². The van der Waals surface area contributed by atoms with E-state index in [1.54, 1.807) is 18.3 Å². The number of pyridine rings is 1. The van der Waals surface area contributed by atoms with Crippen molar-refractivity contribution in [2.45, 2.75) is 20.8 Å². The number of benzene rings is 1. The average Bonchev–Trinajstić information content (AvgIpc) is 2.46. The average molecular weight is 283 g/mol. The summed E-state index contributed by atoms with van der Waals surface area (Å²) in [5.41, 5.74) is 2.65. The van der Waals surface area contributed by atoms with E-state index in [9.17, 15) is 4.79 Å². The number of carbonyl (C=O) groups is 1. The summed E-state index contributed by atoms with van der Waals surface area (Å²) in [6.07, 6.45) is 1.73. The summed E-state index contributed by atoms with van der Waals surface area (Å²) < 4.78 is 0. The van der Waals surface area contributed by atoms with Crippen molar-refractivity contribution < 1.29 is 4.79 Å². The molecule has 1 aromatic carbocycles. The summed E-state index contributed by atoms with van der Waals surface area (Å²) >= 11 is 0. The van der Waals surface area contributed by atoms with Gasteiger partial charge in [0.2, 0.25) is 0 Å². The van der Waals surface area contributed by atoms with Gasteiger partial charge in [-0.15, -0.1) is 0 Å². The van der Waals surface area contributed by atoms with Crippen LogP contribution in [0.3, 0.4) is 0 Å². The molecule has 0 spiro atoms. The normalized spacial score (nSPS) is 10.5. The minimum Gasteiger partial charge on any atom is -0.384 e. The standard InChI is InChI=1S/C17H21N3O/c1-12(2)10-18-15-7-8-16(19-11-15)20-17(21)14-6-4-5-13(3)9-14/h4-9,11-12,18H,10H2,1-3H3,(H,19,20,21). The number of amides is 1. The molecule has 2 N–H and O–H groups in total. The topological polar surface area (TPSA) is 54.0 Å². The van der Waals surface area contributed by atoms with Crippen LogP contribution in [0, 0.1) is 12.8 Å². The van der Waals surface area contributed by atoms with Crippen molar-refractivity contribution in [3.05, 3.63) is 53.7 Å². The highest BCUT2D eigenvalue weighted by atomic mass is 16.1. The molecular formula is C17H21N3O. The van der Waals surface area contributed by atoms with Gasteiger partial charge in [-0.25, -0.2) is 4.98 Å². The molecule has 110 valence electrons. The Bertz CT molecular complexity index is 606. The van der Waals surface area contributed by atoms with Crippen molar-refractivity contribution in [1.29, 1.82) is 0 Å². The van der Waals surface area contributed by atoms with Gasteiger partial charge in [0.15, 0.2) is 0 Å². The van der Waals surface area contributed by atoms with Gasteiger partial charge in [0.25, 0.3) is 5.91 Å². The third-order valence-corrected chi connectivity index (χ3v) is 3.00. The Balaban J connectivity index is 1.98. The van der Waals surface area contributed by atoms with Crippen LogP contribution >= 0.6 is 0 Å². The van der Waals surface area contributed by atoms with E-state index in [-0.39, 0.29) is 5.91 Å². The van der Waals surface area contributed by atoms with Gasteiger partial charge in [-0.2, -0.15) is 0 Å². The number of aromatic nitrogens is 1. The molecule has 0 bridgehead atoms. The second kappa shape index (κ2) is 6.88. The maximum absolute atomic E-state index is 12.1. The molecule has 2 rings (SSSR count). The highest BCUT2D eigenvalue weighted by Gasteiger charge is 2.06. The van der Waals surface area contributed by atoms with Crippen LogP contribution in [0.4, 0.5) is 11.5 Å². The summed E-state index contributed by atoms with van der Waals surface area (Å²) in [6.45, 7) is 7.16. The zero-order chi connectivity index (χ0) is 15.2. The molecule has 4 nitrogen and oxygen atoms in total. The van der Waals surface area contributed by atoms with Gasteiger partial charge >= 0.3 is 0 Å². The van der Waals surface area contributed by atoms with E-state index >= 15 is 0 Å². The van der Waals surface area contributed by atoms with Gasteiger partial charge in [-0.1, -0.05) is 31.5 Å². The molecule has 4 heteroatoms. The first kappa shape index (κ1) is 15.0. The summed E-state index contributed by atoms with van der Waals surface area (Å²) in [7, 11) is 0. The molecule has 2 aromatic rings. The van der Waals surface area contributed by atoms with Gasteiger partial charge in [-0.3, -0.25) is 4.79 Å². The van der Waals surface area contributed by atoms with Crippen LogP contribution in [0.5, 0.6) is 0 Å².